The summed E-state index contributed by atoms with van der Waals surface area (Å²) in [7, 11) is 0. The largest absolute Gasteiger partial charge is 0.462 e. The van der Waals surface area contributed by atoms with Gasteiger partial charge in [-0.15, -0.1) is 0 Å². The number of benzene rings is 1. The molecule has 3 rings (SSSR count). The molecule has 5 heteroatoms. The van der Waals surface area contributed by atoms with Crippen molar-refractivity contribution in [1.82, 2.24) is 10.0 Å². The first kappa shape index (κ1) is 15.8. The minimum Gasteiger partial charge on any atom is -0.462 e. The Bertz CT molecular complexity index is 709. The summed E-state index contributed by atoms with van der Waals surface area (Å²) in [4.78, 5) is 15.6. The summed E-state index contributed by atoms with van der Waals surface area (Å²) in [5.41, 5.74) is 4.86. The van der Waals surface area contributed by atoms with E-state index in [-0.39, 0.29) is 12.6 Å². The van der Waals surface area contributed by atoms with Crippen LogP contribution in [0.5, 0.6) is 0 Å². The molecule has 1 saturated heterocycles. The summed E-state index contributed by atoms with van der Waals surface area (Å²) in [5.74, 6) is -0.424. The third-order valence-electron chi connectivity index (χ3n) is 4.63. The van der Waals surface area contributed by atoms with Crippen LogP contribution in [0.15, 0.2) is 30.3 Å². The number of cyclic esters (lactones) is 1. The van der Waals surface area contributed by atoms with Gasteiger partial charge in [-0.3, -0.25) is 0 Å². The van der Waals surface area contributed by atoms with E-state index in [9.17, 15) is 10.0 Å². The Hall–Kier alpha value is -2.11. The van der Waals surface area contributed by atoms with Crippen LogP contribution < -0.4 is 0 Å². The zero-order chi connectivity index (χ0) is 16.6. The van der Waals surface area contributed by atoms with Crippen LogP contribution in [0, 0.1) is 13.8 Å². The van der Waals surface area contributed by atoms with Crippen molar-refractivity contribution >= 4 is 5.97 Å². The van der Waals surface area contributed by atoms with E-state index in [0.717, 1.165) is 28.3 Å². The molecular formula is C18H22N2O3. The first-order valence-corrected chi connectivity index (χ1v) is 7.91. The molecule has 2 heterocycles. The molecule has 2 aromatic rings. The lowest BCUT2D eigenvalue weighted by Gasteiger charge is -2.36. The summed E-state index contributed by atoms with van der Waals surface area (Å²) in [6.45, 7) is 6.19. The van der Waals surface area contributed by atoms with Gasteiger partial charge in [0.15, 0.2) is 6.04 Å². The van der Waals surface area contributed by atoms with Gasteiger partial charge in [0, 0.05) is 11.4 Å². The molecule has 1 aliphatic rings. The van der Waals surface area contributed by atoms with E-state index in [1.165, 1.54) is 5.56 Å². The number of nitrogens with one attached hydrogen (secondary N) is 1. The van der Waals surface area contributed by atoms with Crippen LogP contribution in [0.3, 0.4) is 0 Å². The van der Waals surface area contributed by atoms with Gasteiger partial charge in [-0.1, -0.05) is 37.3 Å². The highest BCUT2D eigenvalue weighted by atomic mass is 16.6. The van der Waals surface area contributed by atoms with Crippen molar-refractivity contribution in [3.63, 3.8) is 0 Å². The van der Waals surface area contributed by atoms with Crippen LogP contribution in [0.25, 0.3) is 0 Å². The zero-order valence-corrected chi connectivity index (χ0v) is 13.7. The normalized spacial score (nSPS) is 22.2. The molecule has 0 bridgehead atoms. The number of aryl methyl sites for hydroxylation is 1. The maximum Gasteiger partial charge on any atom is 0.332 e. The smallest absolute Gasteiger partial charge is 0.332 e. The number of carbonyl (C=O) groups excluding carboxylic acids is 1. The van der Waals surface area contributed by atoms with Crippen molar-refractivity contribution in [1.29, 1.82) is 0 Å². The fourth-order valence-corrected chi connectivity index (χ4v) is 3.40. The third-order valence-corrected chi connectivity index (χ3v) is 4.63. The van der Waals surface area contributed by atoms with Crippen LogP contribution in [0.1, 0.15) is 47.1 Å². The average molecular weight is 314 g/mol. The lowest BCUT2D eigenvalue weighted by Crippen LogP contribution is -2.43. The minimum absolute atomic E-state index is 0.148. The lowest BCUT2D eigenvalue weighted by molar-refractivity contribution is -0.221. The van der Waals surface area contributed by atoms with Gasteiger partial charge in [0.2, 0.25) is 0 Å². The Morgan fingerprint density at radius 1 is 1.30 bits per heavy atom. The number of carbonyl (C=O) groups is 1. The predicted octanol–water partition coefficient (Wildman–Crippen LogP) is 3.22. The van der Waals surface area contributed by atoms with Gasteiger partial charge in [-0.25, -0.2) is 4.79 Å². The van der Waals surface area contributed by atoms with E-state index in [1.807, 2.05) is 44.2 Å². The lowest BCUT2D eigenvalue weighted by atomic mass is 10.00. The van der Waals surface area contributed by atoms with Gasteiger partial charge in [-0.05, 0) is 37.0 Å². The number of aromatic nitrogens is 1. The summed E-state index contributed by atoms with van der Waals surface area (Å²) in [6, 6.07) is 8.40. The Balaban J connectivity index is 1.99. The predicted molar refractivity (Wildman–Crippen MR) is 86.2 cm³/mol. The van der Waals surface area contributed by atoms with Crippen LogP contribution in [0.2, 0.25) is 0 Å². The van der Waals surface area contributed by atoms with Gasteiger partial charge in [0.25, 0.3) is 0 Å². The molecule has 122 valence electrons. The summed E-state index contributed by atoms with van der Waals surface area (Å²) in [5, 5.41) is 11.8. The van der Waals surface area contributed by atoms with Crippen molar-refractivity contribution < 1.29 is 14.7 Å². The molecule has 0 amide bonds. The number of aromatic amines is 1. The fourth-order valence-electron chi connectivity index (χ4n) is 3.40. The molecule has 23 heavy (non-hydrogen) atoms. The Kier molecular flexibility index (Phi) is 4.24. The van der Waals surface area contributed by atoms with Gasteiger partial charge < -0.3 is 14.9 Å². The average Bonchev–Trinajstić information content (AvgIpc) is 2.82. The number of hydrogen-bond acceptors (Lipinski definition) is 4. The highest BCUT2D eigenvalue weighted by Gasteiger charge is 2.41. The molecular weight excluding hydrogens is 292 g/mol. The van der Waals surface area contributed by atoms with E-state index in [4.69, 9.17) is 4.74 Å². The molecule has 1 fully saturated rings. The van der Waals surface area contributed by atoms with Crippen LogP contribution in [-0.2, 0) is 16.0 Å². The Morgan fingerprint density at radius 2 is 2.00 bits per heavy atom. The first-order chi connectivity index (χ1) is 11.0. The van der Waals surface area contributed by atoms with Gasteiger partial charge in [0.1, 0.15) is 6.61 Å². The number of hydrogen-bond donors (Lipinski definition) is 2. The molecule has 0 radical (unpaired) electrons. The van der Waals surface area contributed by atoms with Crippen molar-refractivity contribution in [3.05, 3.63) is 58.4 Å². The number of ether oxygens (including phenoxy) is 1. The van der Waals surface area contributed by atoms with Crippen LogP contribution >= 0.6 is 0 Å². The molecule has 1 aromatic heterocycles. The summed E-state index contributed by atoms with van der Waals surface area (Å²) < 4.78 is 5.36. The second-order valence-corrected chi connectivity index (χ2v) is 5.96. The number of esters is 1. The van der Waals surface area contributed by atoms with Crippen molar-refractivity contribution in [3.8, 4) is 0 Å². The number of H-pyrrole nitrogens is 1. The van der Waals surface area contributed by atoms with Gasteiger partial charge >= 0.3 is 5.97 Å². The van der Waals surface area contributed by atoms with E-state index < -0.39 is 12.0 Å². The summed E-state index contributed by atoms with van der Waals surface area (Å²) >= 11 is 0. The molecule has 5 nitrogen and oxygen atoms in total. The SMILES string of the molecule is CCc1c(C)[nH]c([C@@H]2C(=O)OC[C@@H](c3ccccc3)N2O)c1C. The van der Waals surface area contributed by atoms with Crippen molar-refractivity contribution in [2.75, 3.05) is 6.61 Å². The maximum atomic E-state index is 12.3. The molecule has 0 aliphatic carbocycles. The highest BCUT2D eigenvalue weighted by molar-refractivity contribution is 5.78. The number of hydroxylamine groups is 2. The molecule has 0 saturated carbocycles. The number of morpholine rings is 1. The number of nitrogens with zero attached hydrogens (tertiary/aromatic N) is 1. The van der Waals surface area contributed by atoms with Gasteiger partial charge in [-0.2, -0.15) is 5.06 Å². The standard InChI is InChI=1S/C18H22N2O3/c1-4-14-11(2)16(19-12(14)3)17-18(21)23-10-15(20(17)22)13-8-6-5-7-9-13/h5-9,15,17,19,22H,4,10H2,1-3H3/t15-,17+/m0/s1. The Morgan fingerprint density at radius 3 is 2.61 bits per heavy atom. The molecule has 2 atom stereocenters. The molecule has 0 spiro atoms. The second kappa shape index (κ2) is 6.18. The topological polar surface area (TPSA) is 65.6 Å². The van der Waals surface area contributed by atoms with E-state index in [2.05, 4.69) is 11.9 Å². The van der Waals surface area contributed by atoms with Crippen LogP contribution in [-0.4, -0.2) is 27.8 Å². The monoisotopic (exact) mass is 314 g/mol. The molecule has 1 aromatic carbocycles. The van der Waals surface area contributed by atoms with Crippen molar-refractivity contribution in [2.45, 2.75) is 39.3 Å². The quantitative estimate of drug-likeness (QED) is 0.854. The Labute approximate surface area is 135 Å². The van der Waals surface area contributed by atoms with E-state index in [1.54, 1.807) is 0 Å². The highest BCUT2D eigenvalue weighted by Crippen LogP contribution is 2.36. The maximum absolute atomic E-state index is 12.3. The van der Waals surface area contributed by atoms with Crippen LogP contribution in [0.4, 0.5) is 0 Å². The first-order valence-electron chi connectivity index (χ1n) is 7.91. The molecule has 0 unspecified atom stereocenters. The zero-order valence-electron chi connectivity index (χ0n) is 13.7. The van der Waals surface area contributed by atoms with E-state index in [0.29, 0.717) is 5.69 Å². The van der Waals surface area contributed by atoms with E-state index >= 15 is 0 Å². The summed E-state index contributed by atoms with van der Waals surface area (Å²) in [6.07, 6.45) is 0.878. The third kappa shape index (κ3) is 2.66. The number of rotatable bonds is 3. The second-order valence-electron chi connectivity index (χ2n) is 5.96. The molecule has 2 N–H and O–H groups in total. The van der Waals surface area contributed by atoms with Gasteiger partial charge in [0.05, 0.1) is 6.04 Å². The fraction of sp³-hybridized carbons (Fsp3) is 0.389. The van der Waals surface area contributed by atoms with Crippen molar-refractivity contribution in [2.24, 2.45) is 0 Å². The molecule has 1 aliphatic heterocycles. The minimum atomic E-state index is -0.826.